The van der Waals surface area contributed by atoms with Crippen molar-refractivity contribution in [1.29, 1.82) is 0 Å². The number of amides is 1. The third-order valence-corrected chi connectivity index (χ3v) is 6.17. The second-order valence-electron chi connectivity index (χ2n) is 7.48. The van der Waals surface area contributed by atoms with Gasteiger partial charge in [0.15, 0.2) is 10.9 Å². The number of allylic oxidation sites excluding steroid dienone is 2. The van der Waals surface area contributed by atoms with Crippen molar-refractivity contribution in [3.63, 3.8) is 0 Å². The third-order valence-electron chi connectivity index (χ3n) is 5.20. The van der Waals surface area contributed by atoms with Crippen LogP contribution >= 0.6 is 11.3 Å². The summed E-state index contributed by atoms with van der Waals surface area (Å²) in [7, 11) is 1.62. The highest BCUT2D eigenvalue weighted by atomic mass is 32.1. The van der Waals surface area contributed by atoms with Crippen LogP contribution < -0.4 is 15.4 Å². The number of aromatic nitrogens is 1. The number of benzene rings is 2. The first kappa shape index (κ1) is 23.6. The molecule has 0 fully saturated rings. The fraction of sp³-hybridized carbons (Fsp3) is 0.200. The maximum atomic E-state index is 13.1. The molecule has 0 spiro atoms. The molecule has 1 heterocycles. The van der Waals surface area contributed by atoms with Gasteiger partial charge < -0.3 is 20.1 Å². The number of halogens is 2. The molecule has 0 saturated heterocycles. The van der Waals surface area contributed by atoms with Gasteiger partial charge in [0.25, 0.3) is 5.91 Å². The van der Waals surface area contributed by atoms with Gasteiger partial charge in [0, 0.05) is 25.6 Å². The summed E-state index contributed by atoms with van der Waals surface area (Å²) in [5, 5.41) is 6.76. The van der Waals surface area contributed by atoms with E-state index in [-0.39, 0.29) is 18.2 Å². The van der Waals surface area contributed by atoms with E-state index in [9.17, 15) is 13.6 Å². The number of hydrogen-bond donors (Lipinski definition) is 2. The highest BCUT2D eigenvalue weighted by Gasteiger charge is 2.29. The molecule has 1 aliphatic carbocycles. The number of nitrogens with zero attached hydrogens (tertiary/aromatic N) is 1. The zero-order chi connectivity index (χ0) is 24.0. The molecule has 1 unspecified atom stereocenters. The van der Waals surface area contributed by atoms with Gasteiger partial charge in [-0.25, -0.2) is 4.98 Å². The lowest BCUT2D eigenvalue weighted by atomic mass is 10.1. The van der Waals surface area contributed by atoms with Crippen LogP contribution in [0.5, 0.6) is 5.75 Å². The molecule has 34 heavy (non-hydrogen) atoms. The lowest BCUT2D eigenvalue weighted by molar-refractivity contribution is -0.0498. The summed E-state index contributed by atoms with van der Waals surface area (Å²) >= 11 is 1.24. The fourth-order valence-electron chi connectivity index (χ4n) is 3.45. The van der Waals surface area contributed by atoms with E-state index >= 15 is 0 Å². The van der Waals surface area contributed by atoms with E-state index in [1.165, 1.54) is 23.5 Å². The third kappa shape index (κ3) is 5.67. The van der Waals surface area contributed by atoms with Gasteiger partial charge >= 0.3 is 6.61 Å². The fourth-order valence-corrected chi connectivity index (χ4v) is 4.43. The Hall–Kier alpha value is -3.56. The largest absolute Gasteiger partial charge is 0.435 e. The molecular formula is C25H23F2N3O3S. The average Bonchev–Trinajstić information content (AvgIpc) is 3.28. The molecule has 6 nitrogen and oxygen atoms in total. The van der Waals surface area contributed by atoms with E-state index in [0.717, 1.165) is 11.1 Å². The smallest absolute Gasteiger partial charge is 0.387 e. The number of carbonyl (C=O) groups is 1. The summed E-state index contributed by atoms with van der Waals surface area (Å²) in [6.45, 7) is -2.66. The van der Waals surface area contributed by atoms with Crippen molar-refractivity contribution in [3.8, 4) is 17.0 Å². The summed E-state index contributed by atoms with van der Waals surface area (Å²) in [5.41, 5.74) is 1.39. The van der Waals surface area contributed by atoms with E-state index in [0.29, 0.717) is 22.1 Å². The van der Waals surface area contributed by atoms with Crippen molar-refractivity contribution in [2.45, 2.75) is 25.3 Å². The van der Waals surface area contributed by atoms with Crippen molar-refractivity contribution in [2.24, 2.45) is 0 Å². The summed E-state index contributed by atoms with van der Waals surface area (Å²) in [5.74, 6) is -0.226. The lowest BCUT2D eigenvalue weighted by Gasteiger charge is -2.30. The van der Waals surface area contributed by atoms with E-state index in [1.807, 2.05) is 54.6 Å². The molecule has 2 N–H and O–H groups in total. The summed E-state index contributed by atoms with van der Waals surface area (Å²) in [6, 6.07) is 15.6. The Morgan fingerprint density at radius 1 is 1.15 bits per heavy atom. The summed E-state index contributed by atoms with van der Waals surface area (Å²) in [4.78, 5) is 18.3. The van der Waals surface area contributed by atoms with E-state index in [2.05, 4.69) is 15.4 Å². The average molecular weight is 484 g/mol. The van der Waals surface area contributed by atoms with Gasteiger partial charge in [0.05, 0.1) is 5.69 Å². The second-order valence-corrected chi connectivity index (χ2v) is 8.48. The number of alkyl halides is 2. The van der Waals surface area contributed by atoms with Crippen LogP contribution in [-0.4, -0.2) is 30.3 Å². The standard InChI is InChI=1S/C25H23F2N3O3S/c1-32-25(14-6-3-7-15-25)30-24-29-20(18-8-4-2-5-9-18)21(34-24)22(31)28-16-17-10-12-19(13-11-17)33-23(26)27/h2-14,23H,15-16H2,1H3,(H,28,31)(H,29,30). The van der Waals surface area contributed by atoms with Crippen LogP contribution in [0.4, 0.5) is 13.9 Å². The molecule has 3 aromatic rings. The highest BCUT2D eigenvalue weighted by molar-refractivity contribution is 7.18. The first-order chi connectivity index (χ1) is 16.5. The number of carbonyl (C=O) groups excluding carboxylic acids is 1. The zero-order valence-electron chi connectivity index (χ0n) is 18.3. The number of rotatable bonds is 9. The van der Waals surface area contributed by atoms with E-state index < -0.39 is 12.3 Å². The predicted molar refractivity (Wildman–Crippen MR) is 128 cm³/mol. The molecule has 0 saturated carbocycles. The van der Waals surface area contributed by atoms with Crippen molar-refractivity contribution < 1.29 is 23.0 Å². The van der Waals surface area contributed by atoms with Crippen LogP contribution in [0.1, 0.15) is 21.7 Å². The first-order valence-electron chi connectivity index (χ1n) is 10.5. The minimum Gasteiger partial charge on any atom is -0.435 e. The van der Waals surface area contributed by atoms with Crippen LogP contribution in [0, 0.1) is 0 Å². The van der Waals surface area contributed by atoms with Gasteiger partial charge in [-0.2, -0.15) is 8.78 Å². The van der Waals surface area contributed by atoms with Gasteiger partial charge in [0.2, 0.25) is 0 Å². The van der Waals surface area contributed by atoms with Crippen LogP contribution in [0.25, 0.3) is 11.3 Å². The van der Waals surface area contributed by atoms with Crippen molar-refractivity contribution in [3.05, 3.63) is 89.3 Å². The van der Waals surface area contributed by atoms with Crippen LogP contribution in [0.3, 0.4) is 0 Å². The molecule has 0 aliphatic heterocycles. The molecule has 0 radical (unpaired) electrons. The van der Waals surface area contributed by atoms with Crippen molar-refractivity contribution in [2.75, 3.05) is 12.4 Å². The van der Waals surface area contributed by atoms with E-state index in [4.69, 9.17) is 9.72 Å². The van der Waals surface area contributed by atoms with Gasteiger partial charge in [-0.1, -0.05) is 72.0 Å². The SMILES string of the molecule is COC1(Nc2nc(-c3ccccc3)c(C(=O)NCc3ccc(OC(F)F)cc3)s2)C=CC=CC1. The van der Waals surface area contributed by atoms with Gasteiger partial charge in [-0.05, 0) is 23.8 Å². The van der Waals surface area contributed by atoms with Crippen molar-refractivity contribution >= 4 is 22.4 Å². The molecule has 176 valence electrons. The Morgan fingerprint density at radius 2 is 1.91 bits per heavy atom. The number of ether oxygens (including phenoxy) is 2. The highest BCUT2D eigenvalue weighted by Crippen LogP contribution is 2.34. The molecule has 0 bridgehead atoms. The molecule has 1 aromatic heterocycles. The number of methoxy groups -OCH3 is 1. The van der Waals surface area contributed by atoms with Crippen LogP contribution in [0.15, 0.2) is 78.9 Å². The minimum atomic E-state index is -2.88. The van der Waals surface area contributed by atoms with Gasteiger partial charge in [-0.3, -0.25) is 4.79 Å². The Labute approximate surface area is 199 Å². The number of anilines is 1. The van der Waals surface area contributed by atoms with Crippen LogP contribution in [-0.2, 0) is 11.3 Å². The maximum absolute atomic E-state index is 13.1. The zero-order valence-corrected chi connectivity index (χ0v) is 19.1. The first-order valence-corrected chi connectivity index (χ1v) is 11.4. The quantitative estimate of drug-likeness (QED) is 0.387. The van der Waals surface area contributed by atoms with Gasteiger partial charge in [0.1, 0.15) is 10.6 Å². The number of thiazole rings is 1. The molecule has 1 atom stereocenters. The monoisotopic (exact) mass is 483 g/mol. The molecule has 9 heteroatoms. The predicted octanol–water partition coefficient (Wildman–Crippen LogP) is 5.61. The number of hydrogen-bond acceptors (Lipinski definition) is 6. The Kier molecular flexibility index (Phi) is 7.34. The topological polar surface area (TPSA) is 72.5 Å². The summed E-state index contributed by atoms with van der Waals surface area (Å²) in [6.07, 6.45) is 8.37. The molecule has 2 aromatic carbocycles. The Balaban J connectivity index is 1.54. The van der Waals surface area contributed by atoms with Crippen LogP contribution in [0.2, 0.25) is 0 Å². The normalized spacial score (nSPS) is 17.1. The molecular weight excluding hydrogens is 460 g/mol. The molecule has 1 aliphatic rings. The second kappa shape index (κ2) is 10.6. The molecule has 1 amide bonds. The Bertz CT molecular complexity index is 1180. The van der Waals surface area contributed by atoms with Crippen molar-refractivity contribution in [1.82, 2.24) is 10.3 Å². The summed E-state index contributed by atoms with van der Waals surface area (Å²) < 4.78 is 34.7. The maximum Gasteiger partial charge on any atom is 0.387 e. The number of nitrogens with one attached hydrogen (secondary N) is 2. The lowest BCUT2D eigenvalue weighted by Crippen LogP contribution is -2.38. The Morgan fingerprint density at radius 3 is 2.56 bits per heavy atom. The minimum absolute atomic E-state index is 0.0632. The van der Waals surface area contributed by atoms with Gasteiger partial charge in [-0.15, -0.1) is 0 Å². The van der Waals surface area contributed by atoms with E-state index in [1.54, 1.807) is 19.2 Å². The molecule has 4 rings (SSSR count).